The molecule has 0 N–H and O–H groups in total. The summed E-state index contributed by atoms with van der Waals surface area (Å²) in [5.74, 6) is -14.3. The van der Waals surface area contributed by atoms with Crippen LogP contribution in [0.2, 0.25) is 5.02 Å². The molecular formula is C30H17ClF10O. The molecule has 0 radical (unpaired) electrons. The molecule has 0 heterocycles. The van der Waals surface area contributed by atoms with Crippen LogP contribution in [0, 0.1) is 46.5 Å². The monoisotopic (exact) mass is 618 g/mol. The third-order valence-electron chi connectivity index (χ3n) is 6.09. The topological polar surface area (TPSA) is 9.23 Å². The van der Waals surface area contributed by atoms with Gasteiger partial charge in [0.1, 0.15) is 40.4 Å². The van der Waals surface area contributed by atoms with Gasteiger partial charge in [-0.15, -0.1) is 0 Å². The van der Waals surface area contributed by atoms with Crippen LogP contribution in [0.1, 0.15) is 24.5 Å². The van der Waals surface area contributed by atoms with Crippen LogP contribution in [0.4, 0.5) is 43.9 Å². The highest BCUT2D eigenvalue weighted by molar-refractivity contribution is 6.33. The van der Waals surface area contributed by atoms with Gasteiger partial charge in [0.15, 0.2) is 17.5 Å². The summed E-state index contributed by atoms with van der Waals surface area (Å²) in [6, 6.07) is 4.37. The molecule has 0 aliphatic rings. The Balaban J connectivity index is 1.70. The summed E-state index contributed by atoms with van der Waals surface area (Å²) in [6.45, 7) is 1.79. The summed E-state index contributed by atoms with van der Waals surface area (Å²) in [4.78, 5) is 0. The summed E-state index contributed by atoms with van der Waals surface area (Å²) >= 11 is 6.11. The van der Waals surface area contributed by atoms with Crippen molar-refractivity contribution in [1.29, 1.82) is 0 Å². The van der Waals surface area contributed by atoms with Crippen molar-refractivity contribution >= 4 is 11.6 Å². The number of hydrogen-bond acceptors (Lipinski definition) is 1. The van der Waals surface area contributed by atoms with Gasteiger partial charge in [0.25, 0.3) is 0 Å². The Morgan fingerprint density at radius 2 is 1.17 bits per heavy atom. The van der Waals surface area contributed by atoms with Crippen LogP contribution in [-0.2, 0) is 12.5 Å². The van der Waals surface area contributed by atoms with E-state index in [9.17, 15) is 39.5 Å². The predicted molar refractivity (Wildman–Crippen MR) is 136 cm³/mol. The first kappa shape index (κ1) is 31.0. The fraction of sp³-hybridized carbons (Fsp3) is 0.133. The first-order chi connectivity index (χ1) is 19.7. The minimum absolute atomic E-state index is 0.0379. The van der Waals surface area contributed by atoms with Crippen molar-refractivity contribution in [1.82, 2.24) is 0 Å². The lowest BCUT2D eigenvalue weighted by molar-refractivity contribution is -0.189. The Kier molecular flexibility index (Phi) is 8.91. The molecule has 0 fully saturated rings. The van der Waals surface area contributed by atoms with Crippen LogP contribution in [-0.4, -0.2) is 0 Å². The number of ether oxygens (including phenoxy) is 1. The standard InChI is InChI=1S/C30H17ClF10O/c1-2-3-4-5-14-6-19(32)27(20(33)7-14)15-8-18(31)26(21(34)9-15)16-10-22(35)28(23(36)11-16)30(40,41)42-17-12-24(37)29(39)25(38)13-17/h2-3,6-13H,4-5H2,1H3. The molecule has 0 amide bonds. The van der Waals surface area contributed by atoms with E-state index in [1.807, 2.05) is 0 Å². The van der Waals surface area contributed by atoms with Gasteiger partial charge < -0.3 is 4.74 Å². The van der Waals surface area contributed by atoms with E-state index in [2.05, 4.69) is 4.74 Å². The molecule has 0 atom stereocenters. The van der Waals surface area contributed by atoms with Crippen LogP contribution in [0.3, 0.4) is 0 Å². The minimum Gasteiger partial charge on any atom is -0.429 e. The molecule has 0 aromatic heterocycles. The number of rotatable bonds is 8. The molecule has 0 saturated carbocycles. The highest BCUT2D eigenvalue weighted by Crippen LogP contribution is 2.41. The smallest absolute Gasteiger partial charge is 0.429 e. The van der Waals surface area contributed by atoms with Gasteiger partial charge in [-0.3, -0.25) is 0 Å². The van der Waals surface area contributed by atoms with Gasteiger partial charge in [-0.1, -0.05) is 23.8 Å². The Labute approximate surface area is 237 Å². The number of hydrogen-bond donors (Lipinski definition) is 0. The van der Waals surface area contributed by atoms with Crippen LogP contribution in [0.5, 0.6) is 5.75 Å². The highest BCUT2D eigenvalue weighted by Gasteiger charge is 2.42. The Morgan fingerprint density at radius 3 is 1.69 bits per heavy atom. The third kappa shape index (κ3) is 6.25. The van der Waals surface area contributed by atoms with Gasteiger partial charge >= 0.3 is 6.11 Å². The third-order valence-corrected chi connectivity index (χ3v) is 6.39. The molecule has 0 spiro atoms. The van der Waals surface area contributed by atoms with Crippen molar-refractivity contribution in [3.05, 3.63) is 123 Å². The van der Waals surface area contributed by atoms with Gasteiger partial charge in [0.05, 0.1) is 10.6 Å². The van der Waals surface area contributed by atoms with Crippen molar-refractivity contribution in [3.63, 3.8) is 0 Å². The maximum atomic E-state index is 15.2. The second-order valence-corrected chi connectivity index (χ2v) is 9.40. The number of allylic oxidation sites excluding steroid dienone is 2. The summed E-state index contributed by atoms with van der Waals surface area (Å²) in [6.07, 6.45) is -0.434. The number of benzene rings is 4. The molecule has 4 aromatic rings. The Bertz CT molecular complexity index is 1610. The van der Waals surface area contributed by atoms with Crippen LogP contribution in [0.15, 0.2) is 60.7 Å². The van der Waals surface area contributed by atoms with E-state index in [0.717, 1.165) is 18.2 Å². The molecule has 12 heteroatoms. The van der Waals surface area contributed by atoms with Crippen molar-refractivity contribution in [3.8, 4) is 28.0 Å². The molecular weight excluding hydrogens is 602 g/mol. The zero-order chi connectivity index (χ0) is 30.9. The molecule has 1 nitrogen and oxygen atoms in total. The predicted octanol–water partition coefficient (Wildman–Crippen LogP) is 10.4. The largest absolute Gasteiger partial charge is 0.432 e. The number of alkyl halides is 2. The summed E-state index contributed by atoms with van der Waals surface area (Å²) < 4.78 is 148. The van der Waals surface area contributed by atoms with Crippen LogP contribution in [0.25, 0.3) is 22.3 Å². The van der Waals surface area contributed by atoms with Gasteiger partial charge in [-0.05, 0) is 72.9 Å². The van der Waals surface area contributed by atoms with Gasteiger partial charge in [0.2, 0.25) is 0 Å². The van der Waals surface area contributed by atoms with Crippen molar-refractivity contribution in [2.45, 2.75) is 25.9 Å². The van der Waals surface area contributed by atoms with E-state index in [0.29, 0.717) is 24.5 Å². The average molecular weight is 619 g/mol. The van der Waals surface area contributed by atoms with Crippen LogP contribution >= 0.6 is 11.6 Å². The first-order valence-corrected chi connectivity index (χ1v) is 12.4. The molecule has 0 saturated heterocycles. The molecule has 0 bridgehead atoms. The molecule has 4 aromatic carbocycles. The highest BCUT2D eigenvalue weighted by atomic mass is 35.5. The average Bonchev–Trinajstić information content (AvgIpc) is 2.86. The first-order valence-electron chi connectivity index (χ1n) is 12.0. The molecule has 0 aliphatic heterocycles. The lowest BCUT2D eigenvalue weighted by atomic mass is 9.96. The molecule has 4 rings (SSSR count). The number of halogens is 11. The van der Waals surface area contributed by atoms with Gasteiger partial charge in [0, 0.05) is 17.7 Å². The van der Waals surface area contributed by atoms with E-state index < -0.39 is 85.7 Å². The van der Waals surface area contributed by atoms with Crippen molar-refractivity contribution < 1.29 is 48.6 Å². The quantitative estimate of drug-likeness (QED) is 0.108. The Hall–Kier alpha value is -3.99. The minimum atomic E-state index is -4.87. The SMILES string of the molecule is CC=CCCc1cc(F)c(-c2cc(F)c(-c3cc(F)c(C(F)(F)Oc4cc(F)c(F)c(F)c4)c(F)c3)c(Cl)c2)c(F)c1. The summed E-state index contributed by atoms with van der Waals surface area (Å²) in [7, 11) is 0. The van der Waals surface area contributed by atoms with Crippen molar-refractivity contribution in [2.75, 3.05) is 0 Å². The summed E-state index contributed by atoms with van der Waals surface area (Å²) in [5.41, 5.74) is -3.97. The lowest BCUT2D eigenvalue weighted by Gasteiger charge is -2.20. The lowest BCUT2D eigenvalue weighted by Crippen LogP contribution is -2.25. The fourth-order valence-electron chi connectivity index (χ4n) is 4.24. The Morgan fingerprint density at radius 1 is 0.667 bits per heavy atom. The molecule has 220 valence electrons. The molecule has 42 heavy (non-hydrogen) atoms. The maximum absolute atomic E-state index is 15.2. The van der Waals surface area contributed by atoms with E-state index in [1.165, 1.54) is 0 Å². The molecule has 0 unspecified atom stereocenters. The second-order valence-electron chi connectivity index (χ2n) is 8.99. The maximum Gasteiger partial charge on any atom is 0.432 e. The van der Waals surface area contributed by atoms with Crippen LogP contribution < -0.4 is 4.74 Å². The van der Waals surface area contributed by atoms with Gasteiger partial charge in [-0.2, -0.15) is 8.78 Å². The zero-order valence-corrected chi connectivity index (χ0v) is 22.0. The van der Waals surface area contributed by atoms with E-state index >= 15 is 4.39 Å². The van der Waals surface area contributed by atoms with E-state index in [4.69, 9.17) is 11.6 Å². The molecule has 0 aliphatic carbocycles. The second kappa shape index (κ2) is 12.1. The van der Waals surface area contributed by atoms with E-state index in [1.54, 1.807) is 19.1 Å². The van der Waals surface area contributed by atoms with Gasteiger partial charge in [-0.25, -0.2) is 35.1 Å². The number of aryl methyl sites for hydroxylation is 1. The van der Waals surface area contributed by atoms with Crippen molar-refractivity contribution in [2.24, 2.45) is 0 Å². The van der Waals surface area contributed by atoms with E-state index in [-0.39, 0.29) is 29.8 Å². The fourth-order valence-corrected chi connectivity index (χ4v) is 4.56. The zero-order valence-electron chi connectivity index (χ0n) is 21.3. The summed E-state index contributed by atoms with van der Waals surface area (Å²) in [5, 5.41) is -0.562. The normalized spacial score (nSPS) is 11.9.